The second-order valence-corrected chi connectivity index (χ2v) is 4.81. The molecule has 2 nitrogen and oxygen atoms in total. The van der Waals surface area contributed by atoms with Gasteiger partial charge in [-0.1, -0.05) is 54.6 Å². The SMILES string of the molecule is CC(NCCCN)c1ccc(-c2ccccc2)cc1. The molecule has 1 unspecified atom stereocenters. The first kappa shape index (κ1) is 13.8. The van der Waals surface area contributed by atoms with Crippen molar-refractivity contribution in [3.05, 3.63) is 60.2 Å². The van der Waals surface area contributed by atoms with Gasteiger partial charge in [-0.15, -0.1) is 0 Å². The summed E-state index contributed by atoms with van der Waals surface area (Å²) in [5, 5.41) is 3.48. The average Bonchev–Trinajstić information content (AvgIpc) is 2.48. The Bertz CT molecular complexity index is 476. The van der Waals surface area contributed by atoms with Crippen LogP contribution in [0.2, 0.25) is 0 Å². The summed E-state index contributed by atoms with van der Waals surface area (Å²) in [6.45, 7) is 3.90. The lowest BCUT2D eigenvalue weighted by Gasteiger charge is -2.14. The molecule has 0 amide bonds. The minimum absolute atomic E-state index is 0.372. The zero-order chi connectivity index (χ0) is 13.5. The molecular formula is C17H22N2. The first-order valence-corrected chi connectivity index (χ1v) is 6.90. The summed E-state index contributed by atoms with van der Waals surface area (Å²) in [6, 6.07) is 19.6. The smallest absolute Gasteiger partial charge is 0.0291 e. The monoisotopic (exact) mass is 254 g/mol. The first-order chi connectivity index (χ1) is 9.31. The lowest BCUT2D eigenvalue weighted by atomic mass is 10.0. The van der Waals surface area contributed by atoms with E-state index in [9.17, 15) is 0 Å². The van der Waals surface area contributed by atoms with Crippen LogP contribution in [-0.2, 0) is 0 Å². The van der Waals surface area contributed by atoms with Gasteiger partial charge in [0, 0.05) is 6.04 Å². The Morgan fingerprint density at radius 2 is 1.58 bits per heavy atom. The van der Waals surface area contributed by atoms with E-state index in [-0.39, 0.29) is 0 Å². The van der Waals surface area contributed by atoms with Crippen molar-refractivity contribution in [3.63, 3.8) is 0 Å². The third-order valence-electron chi connectivity index (χ3n) is 3.35. The molecular weight excluding hydrogens is 232 g/mol. The normalized spacial score (nSPS) is 12.3. The molecule has 0 aliphatic heterocycles. The molecule has 2 rings (SSSR count). The molecule has 0 aliphatic carbocycles. The summed E-state index contributed by atoms with van der Waals surface area (Å²) in [4.78, 5) is 0. The number of nitrogens with one attached hydrogen (secondary N) is 1. The maximum absolute atomic E-state index is 5.50. The van der Waals surface area contributed by atoms with Gasteiger partial charge in [0.2, 0.25) is 0 Å². The minimum Gasteiger partial charge on any atom is -0.330 e. The number of nitrogens with two attached hydrogens (primary N) is 1. The fraction of sp³-hybridized carbons (Fsp3) is 0.294. The Balaban J connectivity index is 2.02. The topological polar surface area (TPSA) is 38.0 Å². The zero-order valence-corrected chi connectivity index (χ0v) is 11.5. The van der Waals surface area contributed by atoms with Crippen LogP contribution in [0.25, 0.3) is 11.1 Å². The van der Waals surface area contributed by atoms with E-state index in [4.69, 9.17) is 5.73 Å². The van der Waals surface area contributed by atoms with Crippen molar-refractivity contribution in [1.29, 1.82) is 0 Å². The van der Waals surface area contributed by atoms with Crippen molar-refractivity contribution in [3.8, 4) is 11.1 Å². The Morgan fingerprint density at radius 3 is 2.21 bits per heavy atom. The predicted molar refractivity (Wildman–Crippen MR) is 82.0 cm³/mol. The maximum Gasteiger partial charge on any atom is 0.0291 e. The van der Waals surface area contributed by atoms with Gasteiger partial charge in [0.15, 0.2) is 0 Å². The average molecular weight is 254 g/mol. The lowest BCUT2D eigenvalue weighted by molar-refractivity contribution is 0.562. The van der Waals surface area contributed by atoms with Crippen LogP contribution in [0.4, 0.5) is 0 Å². The molecule has 0 aliphatic rings. The molecule has 1 atom stereocenters. The van der Waals surface area contributed by atoms with E-state index in [0.717, 1.165) is 19.5 Å². The lowest BCUT2D eigenvalue weighted by Crippen LogP contribution is -2.21. The van der Waals surface area contributed by atoms with E-state index in [1.165, 1.54) is 16.7 Å². The maximum atomic E-state index is 5.50. The van der Waals surface area contributed by atoms with Gasteiger partial charge in [0.1, 0.15) is 0 Å². The summed E-state index contributed by atoms with van der Waals surface area (Å²) in [5.74, 6) is 0. The molecule has 0 saturated heterocycles. The Labute approximate surface area is 115 Å². The molecule has 3 N–H and O–H groups in total. The molecule has 19 heavy (non-hydrogen) atoms. The Kier molecular flexibility index (Phi) is 5.13. The van der Waals surface area contributed by atoms with Crippen molar-refractivity contribution in [2.75, 3.05) is 13.1 Å². The molecule has 100 valence electrons. The highest BCUT2D eigenvalue weighted by atomic mass is 14.9. The highest BCUT2D eigenvalue weighted by Crippen LogP contribution is 2.21. The number of rotatable bonds is 6. The molecule has 0 spiro atoms. The highest BCUT2D eigenvalue weighted by Gasteiger charge is 2.04. The standard InChI is InChI=1S/C17H22N2/c1-14(19-13-5-12-18)15-8-10-17(11-9-15)16-6-3-2-4-7-16/h2-4,6-11,14,19H,5,12-13,18H2,1H3. The van der Waals surface area contributed by atoms with Crippen LogP contribution in [-0.4, -0.2) is 13.1 Å². The fourth-order valence-corrected chi connectivity index (χ4v) is 2.13. The molecule has 0 radical (unpaired) electrons. The molecule has 0 heterocycles. The second-order valence-electron chi connectivity index (χ2n) is 4.81. The van der Waals surface area contributed by atoms with Gasteiger partial charge in [-0.25, -0.2) is 0 Å². The molecule has 2 aromatic rings. The molecule has 2 aromatic carbocycles. The van der Waals surface area contributed by atoms with Gasteiger partial charge >= 0.3 is 0 Å². The van der Waals surface area contributed by atoms with E-state index >= 15 is 0 Å². The van der Waals surface area contributed by atoms with Crippen LogP contribution < -0.4 is 11.1 Å². The van der Waals surface area contributed by atoms with Gasteiger partial charge < -0.3 is 11.1 Å². The summed E-state index contributed by atoms with van der Waals surface area (Å²) in [6.07, 6.45) is 1.02. The van der Waals surface area contributed by atoms with E-state index < -0.39 is 0 Å². The molecule has 2 heteroatoms. The van der Waals surface area contributed by atoms with Crippen LogP contribution >= 0.6 is 0 Å². The molecule has 0 saturated carbocycles. The minimum atomic E-state index is 0.372. The first-order valence-electron chi connectivity index (χ1n) is 6.90. The van der Waals surface area contributed by atoms with Gasteiger partial charge in [-0.2, -0.15) is 0 Å². The zero-order valence-electron chi connectivity index (χ0n) is 11.5. The quantitative estimate of drug-likeness (QED) is 0.776. The number of hydrogen-bond donors (Lipinski definition) is 2. The molecule has 0 aromatic heterocycles. The highest BCUT2D eigenvalue weighted by molar-refractivity contribution is 5.63. The van der Waals surface area contributed by atoms with Crippen LogP contribution in [0.1, 0.15) is 24.9 Å². The largest absolute Gasteiger partial charge is 0.330 e. The Hall–Kier alpha value is -1.64. The van der Waals surface area contributed by atoms with Crippen molar-refractivity contribution in [2.45, 2.75) is 19.4 Å². The van der Waals surface area contributed by atoms with Crippen LogP contribution in [0.15, 0.2) is 54.6 Å². The number of benzene rings is 2. The van der Waals surface area contributed by atoms with Gasteiger partial charge in [0.25, 0.3) is 0 Å². The van der Waals surface area contributed by atoms with Crippen molar-refractivity contribution >= 4 is 0 Å². The van der Waals surface area contributed by atoms with Crippen LogP contribution in [0, 0.1) is 0 Å². The van der Waals surface area contributed by atoms with Crippen LogP contribution in [0.3, 0.4) is 0 Å². The van der Waals surface area contributed by atoms with E-state index in [2.05, 4.69) is 60.8 Å². The van der Waals surface area contributed by atoms with Crippen LogP contribution in [0.5, 0.6) is 0 Å². The van der Waals surface area contributed by atoms with E-state index in [0.29, 0.717) is 6.04 Å². The predicted octanol–water partition coefficient (Wildman–Crippen LogP) is 3.35. The fourth-order valence-electron chi connectivity index (χ4n) is 2.13. The third kappa shape index (κ3) is 3.91. The Morgan fingerprint density at radius 1 is 0.947 bits per heavy atom. The summed E-state index contributed by atoms with van der Waals surface area (Å²) in [7, 11) is 0. The van der Waals surface area contributed by atoms with E-state index in [1.807, 2.05) is 6.07 Å². The summed E-state index contributed by atoms with van der Waals surface area (Å²) in [5.41, 5.74) is 9.34. The third-order valence-corrected chi connectivity index (χ3v) is 3.35. The van der Waals surface area contributed by atoms with Gasteiger partial charge in [-0.3, -0.25) is 0 Å². The van der Waals surface area contributed by atoms with E-state index in [1.54, 1.807) is 0 Å². The number of hydrogen-bond acceptors (Lipinski definition) is 2. The molecule has 0 fully saturated rings. The van der Waals surface area contributed by atoms with Crippen molar-refractivity contribution in [2.24, 2.45) is 5.73 Å². The molecule has 0 bridgehead atoms. The summed E-state index contributed by atoms with van der Waals surface area (Å²) >= 11 is 0. The summed E-state index contributed by atoms with van der Waals surface area (Å²) < 4.78 is 0. The van der Waals surface area contributed by atoms with Gasteiger partial charge in [-0.05, 0) is 43.1 Å². The van der Waals surface area contributed by atoms with Crippen molar-refractivity contribution < 1.29 is 0 Å². The van der Waals surface area contributed by atoms with Gasteiger partial charge in [0.05, 0.1) is 0 Å². The second kappa shape index (κ2) is 7.07. The van der Waals surface area contributed by atoms with Crippen molar-refractivity contribution in [1.82, 2.24) is 5.32 Å².